The minimum atomic E-state index is -4.02. The molecule has 0 amide bonds. The second-order valence-electron chi connectivity index (χ2n) is 10.5. The number of aliphatic hydroxyl groups is 1. The Bertz CT molecular complexity index is 695. The Morgan fingerprint density at radius 2 is 1.25 bits per heavy atom. The number of aliphatic hydroxyl groups excluding tert-OH is 1. The molecule has 0 unspecified atom stereocenters. The van der Waals surface area contributed by atoms with Crippen LogP contribution in [0, 0.1) is 23.7 Å². The van der Waals surface area contributed by atoms with E-state index >= 15 is 0 Å². The number of aryl methyl sites for hydroxylation is 1. The molecule has 0 aromatic heterocycles. The molecule has 0 radical (unpaired) electrons. The largest absolute Gasteiger partial charge is 0.393 e. The van der Waals surface area contributed by atoms with Gasteiger partial charge in [-0.05, 0) is 74.3 Å². The zero-order chi connectivity index (χ0) is 23.7. The Morgan fingerprint density at radius 3 is 1.59 bits per heavy atom. The van der Waals surface area contributed by atoms with E-state index in [4.69, 9.17) is 4.55 Å². The Kier molecular flexibility index (Phi) is 13.3. The zero-order valence-electron chi connectivity index (χ0n) is 20.7. The molecule has 0 bridgehead atoms. The summed E-state index contributed by atoms with van der Waals surface area (Å²) in [6.45, 7) is 13.6. The molecule has 0 atom stereocenters. The van der Waals surface area contributed by atoms with Crippen molar-refractivity contribution in [3.63, 3.8) is 0 Å². The molecule has 2 aliphatic carbocycles. The highest BCUT2D eigenvalue weighted by atomic mass is 32.2. The molecule has 188 valence electrons. The van der Waals surface area contributed by atoms with E-state index in [2.05, 4.69) is 34.6 Å². The van der Waals surface area contributed by atoms with Crippen LogP contribution < -0.4 is 0 Å². The average molecular weight is 471 g/mol. The van der Waals surface area contributed by atoms with Gasteiger partial charge in [0, 0.05) is 0 Å². The zero-order valence-corrected chi connectivity index (χ0v) is 21.5. The molecule has 2 N–H and O–H groups in total. The highest BCUT2D eigenvalue weighted by Gasteiger charge is 2.28. The van der Waals surface area contributed by atoms with Crippen LogP contribution in [0.2, 0.25) is 0 Å². The highest BCUT2D eigenvalue weighted by Crippen LogP contribution is 2.40. The average Bonchev–Trinajstić information content (AvgIpc) is 2.73. The van der Waals surface area contributed by atoms with Crippen molar-refractivity contribution < 1.29 is 18.1 Å². The first-order valence-electron chi connectivity index (χ1n) is 12.0. The molecule has 32 heavy (non-hydrogen) atoms. The lowest BCUT2D eigenvalue weighted by Crippen LogP contribution is -2.26. The Labute approximate surface area is 199 Å². The van der Waals surface area contributed by atoms with Gasteiger partial charge in [0.05, 0.1) is 11.0 Å². The third-order valence-corrected chi connectivity index (χ3v) is 8.54. The van der Waals surface area contributed by atoms with E-state index in [0.29, 0.717) is 10.8 Å². The number of hydrogen-bond acceptors (Lipinski definition) is 3. The molecular formula is C27H50O4S. The van der Waals surface area contributed by atoms with Crippen LogP contribution in [0.25, 0.3) is 0 Å². The normalized spacial score (nSPS) is 30.0. The van der Waals surface area contributed by atoms with Gasteiger partial charge < -0.3 is 5.11 Å². The van der Waals surface area contributed by atoms with Crippen molar-refractivity contribution >= 4 is 10.1 Å². The molecule has 5 heteroatoms. The van der Waals surface area contributed by atoms with Crippen molar-refractivity contribution in [1.82, 2.24) is 0 Å². The van der Waals surface area contributed by atoms with Gasteiger partial charge >= 0.3 is 0 Å². The lowest BCUT2D eigenvalue weighted by molar-refractivity contribution is 0.0696. The summed E-state index contributed by atoms with van der Waals surface area (Å²) in [5.41, 5.74) is 2.20. The summed E-state index contributed by atoms with van der Waals surface area (Å²) >= 11 is 0. The van der Waals surface area contributed by atoms with E-state index in [1.54, 1.807) is 12.1 Å². The predicted octanol–water partition coefficient (Wildman–Crippen LogP) is 7.83. The van der Waals surface area contributed by atoms with Gasteiger partial charge in [0.1, 0.15) is 0 Å². The Balaban J connectivity index is 0.000000444. The smallest absolute Gasteiger partial charge is 0.294 e. The van der Waals surface area contributed by atoms with Crippen molar-refractivity contribution in [2.75, 3.05) is 0 Å². The lowest BCUT2D eigenvalue weighted by atomic mass is 9.71. The van der Waals surface area contributed by atoms with E-state index in [0.717, 1.165) is 24.3 Å². The second kappa shape index (κ2) is 13.7. The quantitative estimate of drug-likeness (QED) is 0.441. The van der Waals surface area contributed by atoms with Crippen LogP contribution in [0.3, 0.4) is 0 Å². The van der Waals surface area contributed by atoms with Crippen LogP contribution in [0.5, 0.6) is 0 Å². The fourth-order valence-corrected chi connectivity index (χ4v) is 4.66. The highest BCUT2D eigenvalue weighted by molar-refractivity contribution is 7.85. The number of rotatable bonds is 3. The molecular weight excluding hydrogens is 420 g/mol. The summed E-state index contributed by atoms with van der Waals surface area (Å²) in [5, 5.41) is 9.24. The molecule has 2 aliphatic rings. The Hall–Kier alpha value is -0.910. The van der Waals surface area contributed by atoms with E-state index in [1.165, 1.54) is 63.5 Å². The van der Waals surface area contributed by atoms with E-state index < -0.39 is 10.1 Å². The molecule has 0 heterocycles. The summed E-state index contributed by atoms with van der Waals surface area (Å²) in [6, 6.07) is 5.99. The fraction of sp³-hybridized carbons (Fsp3) is 0.778. The first-order chi connectivity index (χ1) is 14.3. The molecule has 1 aromatic rings. The van der Waals surface area contributed by atoms with E-state index in [-0.39, 0.29) is 18.4 Å². The SMILES string of the molecule is C.CCC1(C)CCC(C)CC1.CCC1(C)CCC(O)CC1.Cc1ccc(S(=O)(=O)O)cc1. The topological polar surface area (TPSA) is 74.6 Å². The minimum absolute atomic E-state index is 0. The maximum absolute atomic E-state index is 10.5. The van der Waals surface area contributed by atoms with Crippen LogP contribution in [0.4, 0.5) is 0 Å². The standard InChI is InChI=1S/C10H20.C9H18O.C7H8O3S.CH4/c1-4-10(3)7-5-9(2)6-8-10;1-3-9(2)6-4-8(10)5-7-9;1-6-2-4-7(5-3-6)11(8,9)10;/h9H,4-8H2,1-3H3;8,10H,3-7H2,1-2H3;2-5H,1H3,(H,8,9,10);1H4. The summed E-state index contributed by atoms with van der Waals surface area (Å²) < 4.78 is 29.6. The van der Waals surface area contributed by atoms with Crippen LogP contribution in [-0.2, 0) is 10.1 Å². The van der Waals surface area contributed by atoms with Crippen LogP contribution >= 0.6 is 0 Å². The van der Waals surface area contributed by atoms with Crippen molar-refractivity contribution in [2.24, 2.45) is 16.7 Å². The van der Waals surface area contributed by atoms with Gasteiger partial charge in [-0.15, -0.1) is 0 Å². The number of benzene rings is 1. The van der Waals surface area contributed by atoms with E-state index in [9.17, 15) is 13.5 Å². The molecule has 0 saturated heterocycles. The third kappa shape index (κ3) is 11.3. The fourth-order valence-electron chi connectivity index (χ4n) is 4.18. The molecule has 4 nitrogen and oxygen atoms in total. The maximum atomic E-state index is 10.5. The van der Waals surface area contributed by atoms with Crippen molar-refractivity contribution in [1.29, 1.82) is 0 Å². The second-order valence-corrected chi connectivity index (χ2v) is 12.0. The summed E-state index contributed by atoms with van der Waals surface area (Å²) in [6.07, 6.45) is 13.0. The minimum Gasteiger partial charge on any atom is -0.393 e. The first-order valence-corrected chi connectivity index (χ1v) is 13.5. The molecule has 2 fully saturated rings. The summed E-state index contributed by atoms with van der Waals surface area (Å²) in [7, 11) is -4.02. The lowest BCUT2D eigenvalue weighted by Gasteiger charge is -2.35. The van der Waals surface area contributed by atoms with E-state index in [1.807, 2.05) is 6.92 Å². The van der Waals surface area contributed by atoms with Gasteiger partial charge in [-0.25, -0.2) is 0 Å². The van der Waals surface area contributed by atoms with Crippen LogP contribution in [0.15, 0.2) is 29.2 Å². The Morgan fingerprint density at radius 1 is 0.875 bits per heavy atom. The summed E-state index contributed by atoms with van der Waals surface area (Å²) in [4.78, 5) is -0.0666. The van der Waals surface area contributed by atoms with Gasteiger partial charge in [-0.3, -0.25) is 4.55 Å². The van der Waals surface area contributed by atoms with Gasteiger partial charge in [0.15, 0.2) is 0 Å². The molecule has 2 saturated carbocycles. The van der Waals surface area contributed by atoms with Crippen molar-refractivity contribution in [3.05, 3.63) is 29.8 Å². The summed E-state index contributed by atoms with van der Waals surface area (Å²) in [5.74, 6) is 1.000. The van der Waals surface area contributed by atoms with Crippen molar-refractivity contribution in [3.8, 4) is 0 Å². The monoisotopic (exact) mass is 470 g/mol. The van der Waals surface area contributed by atoms with Crippen LogP contribution in [-0.4, -0.2) is 24.2 Å². The van der Waals surface area contributed by atoms with Gasteiger partial charge in [0.25, 0.3) is 10.1 Å². The van der Waals surface area contributed by atoms with Crippen molar-refractivity contribution in [2.45, 2.75) is 124 Å². The van der Waals surface area contributed by atoms with Gasteiger partial charge in [0.2, 0.25) is 0 Å². The third-order valence-electron chi connectivity index (χ3n) is 7.67. The van der Waals surface area contributed by atoms with Gasteiger partial charge in [-0.2, -0.15) is 8.42 Å². The molecule has 0 spiro atoms. The first kappa shape index (κ1) is 31.1. The molecule has 1 aromatic carbocycles. The predicted molar refractivity (Wildman–Crippen MR) is 137 cm³/mol. The van der Waals surface area contributed by atoms with Crippen LogP contribution in [0.1, 0.15) is 112 Å². The number of hydrogen-bond donors (Lipinski definition) is 2. The maximum Gasteiger partial charge on any atom is 0.294 e. The van der Waals surface area contributed by atoms with Gasteiger partial charge in [-0.1, -0.05) is 85.4 Å². The molecule has 3 rings (SSSR count). The molecule has 0 aliphatic heterocycles.